The smallest absolute Gasteiger partial charge is 0.159 e. The molecular formula is C16H14N2O2. The number of carbonyl (C=O) groups is 2. The highest BCUT2D eigenvalue weighted by molar-refractivity contribution is 5.94. The lowest BCUT2D eigenvalue weighted by molar-refractivity contribution is 0.100. The molecule has 0 saturated carbocycles. The molecule has 0 radical (unpaired) electrons. The van der Waals surface area contributed by atoms with Crippen molar-refractivity contribution in [3.8, 4) is 0 Å². The minimum absolute atomic E-state index is 0.0216. The summed E-state index contributed by atoms with van der Waals surface area (Å²) >= 11 is 0. The lowest BCUT2D eigenvalue weighted by Crippen LogP contribution is -1.89. The molecular weight excluding hydrogens is 252 g/mol. The first kappa shape index (κ1) is 13.8. The van der Waals surface area contributed by atoms with Crippen molar-refractivity contribution in [3.63, 3.8) is 0 Å². The summed E-state index contributed by atoms with van der Waals surface area (Å²) in [5.41, 5.74) is 2.64. The quantitative estimate of drug-likeness (QED) is 0.604. The Morgan fingerprint density at radius 2 is 0.950 bits per heavy atom. The number of benzene rings is 2. The number of hydrogen-bond acceptors (Lipinski definition) is 4. The van der Waals surface area contributed by atoms with Crippen molar-refractivity contribution in [2.75, 3.05) is 0 Å². The van der Waals surface area contributed by atoms with Gasteiger partial charge in [-0.2, -0.15) is 10.2 Å². The molecule has 20 heavy (non-hydrogen) atoms. The van der Waals surface area contributed by atoms with Gasteiger partial charge in [0.2, 0.25) is 0 Å². The Balaban J connectivity index is 2.12. The van der Waals surface area contributed by atoms with Crippen LogP contribution in [-0.4, -0.2) is 11.6 Å². The molecule has 0 N–H and O–H groups in total. The standard InChI is InChI=1S/C16H14N2O2/c1-11(19)13-3-7-15(8-4-13)17-18-16-9-5-14(6-10-16)12(2)20/h3-10H,1-2H3. The molecule has 0 atom stereocenters. The first-order valence-corrected chi connectivity index (χ1v) is 6.20. The summed E-state index contributed by atoms with van der Waals surface area (Å²) in [7, 11) is 0. The van der Waals surface area contributed by atoms with Crippen molar-refractivity contribution < 1.29 is 9.59 Å². The first-order chi connectivity index (χ1) is 9.56. The van der Waals surface area contributed by atoms with Gasteiger partial charge in [-0.25, -0.2) is 0 Å². The van der Waals surface area contributed by atoms with E-state index in [9.17, 15) is 9.59 Å². The SMILES string of the molecule is CC(=O)c1ccc(N=Nc2ccc(C(C)=O)cc2)cc1. The van der Waals surface area contributed by atoms with Gasteiger partial charge in [0.05, 0.1) is 11.4 Å². The average molecular weight is 266 g/mol. The van der Waals surface area contributed by atoms with Gasteiger partial charge in [0.25, 0.3) is 0 Å². The Hall–Kier alpha value is -2.62. The van der Waals surface area contributed by atoms with E-state index >= 15 is 0 Å². The highest BCUT2D eigenvalue weighted by Crippen LogP contribution is 2.19. The Labute approximate surface area is 117 Å². The van der Waals surface area contributed by atoms with Crippen LogP contribution in [0.25, 0.3) is 0 Å². The predicted octanol–water partition coefficient (Wildman–Crippen LogP) is 4.51. The molecule has 4 heteroatoms. The number of ketones is 2. The topological polar surface area (TPSA) is 58.9 Å². The molecule has 0 heterocycles. The monoisotopic (exact) mass is 266 g/mol. The maximum atomic E-state index is 11.1. The fourth-order valence-corrected chi connectivity index (χ4v) is 1.64. The maximum Gasteiger partial charge on any atom is 0.159 e. The number of hydrogen-bond donors (Lipinski definition) is 0. The predicted molar refractivity (Wildman–Crippen MR) is 77.1 cm³/mol. The molecule has 100 valence electrons. The lowest BCUT2D eigenvalue weighted by atomic mass is 10.1. The van der Waals surface area contributed by atoms with Crippen LogP contribution in [0.15, 0.2) is 58.8 Å². The van der Waals surface area contributed by atoms with E-state index < -0.39 is 0 Å². The zero-order chi connectivity index (χ0) is 14.5. The van der Waals surface area contributed by atoms with E-state index in [4.69, 9.17) is 0 Å². The number of carbonyl (C=O) groups excluding carboxylic acids is 2. The van der Waals surface area contributed by atoms with Crippen LogP contribution in [0, 0.1) is 0 Å². The summed E-state index contributed by atoms with van der Waals surface area (Å²) in [5.74, 6) is 0.0432. The van der Waals surface area contributed by atoms with E-state index in [2.05, 4.69) is 10.2 Å². The van der Waals surface area contributed by atoms with Crippen LogP contribution in [0.5, 0.6) is 0 Å². The van der Waals surface area contributed by atoms with E-state index in [1.54, 1.807) is 48.5 Å². The second kappa shape index (κ2) is 6.02. The molecule has 2 aromatic rings. The maximum absolute atomic E-state index is 11.1. The van der Waals surface area contributed by atoms with E-state index in [0.717, 1.165) is 0 Å². The van der Waals surface area contributed by atoms with Crippen LogP contribution >= 0.6 is 0 Å². The van der Waals surface area contributed by atoms with Gasteiger partial charge >= 0.3 is 0 Å². The van der Waals surface area contributed by atoms with Gasteiger partial charge in [0, 0.05) is 11.1 Å². The van der Waals surface area contributed by atoms with Gasteiger partial charge in [-0.05, 0) is 62.4 Å². The summed E-state index contributed by atoms with van der Waals surface area (Å²) in [6.45, 7) is 3.04. The lowest BCUT2D eigenvalue weighted by Gasteiger charge is -1.97. The first-order valence-electron chi connectivity index (χ1n) is 6.20. The minimum Gasteiger partial charge on any atom is -0.295 e. The zero-order valence-corrected chi connectivity index (χ0v) is 11.3. The van der Waals surface area contributed by atoms with Crippen LogP contribution < -0.4 is 0 Å². The van der Waals surface area contributed by atoms with Crippen LogP contribution in [0.4, 0.5) is 11.4 Å². The highest BCUT2D eigenvalue weighted by Gasteiger charge is 1.99. The Morgan fingerprint density at radius 1 is 0.650 bits per heavy atom. The second-order valence-electron chi connectivity index (χ2n) is 4.41. The van der Waals surface area contributed by atoms with Crippen LogP contribution in [0.2, 0.25) is 0 Å². The summed E-state index contributed by atoms with van der Waals surface area (Å²) < 4.78 is 0. The molecule has 0 unspecified atom stereocenters. The summed E-state index contributed by atoms with van der Waals surface area (Å²) in [6, 6.07) is 13.8. The van der Waals surface area contributed by atoms with E-state index in [0.29, 0.717) is 22.5 Å². The molecule has 0 aliphatic carbocycles. The van der Waals surface area contributed by atoms with E-state index in [1.807, 2.05) is 0 Å². The molecule has 0 aliphatic rings. The molecule has 0 aromatic heterocycles. The zero-order valence-electron chi connectivity index (χ0n) is 11.3. The van der Waals surface area contributed by atoms with Gasteiger partial charge in [-0.3, -0.25) is 9.59 Å². The normalized spacial score (nSPS) is 10.7. The average Bonchev–Trinajstić information content (AvgIpc) is 2.46. The third-order valence-electron chi connectivity index (χ3n) is 2.83. The Morgan fingerprint density at radius 3 is 1.20 bits per heavy atom. The van der Waals surface area contributed by atoms with Crippen molar-refractivity contribution in [3.05, 3.63) is 59.7 Å². The molecule has 0 bridgehead atoms. The number of rotatable bonds is 4. The van der Waals surface area contributed by atoms with Crippen LogP contribution in [-0.2, 0) is 0 Å². The Bertz CT molecular complexity index is 596. The molecule has 0 fully saturated rings. The van der Waals surface area contributed by atoms with Gasteiger partial charge in [0.1, 0.15) is 0 Å². The van der Waals surface area contributed by atoms with Crippen molar-refractivity contribution >= 4 is 22.9 Å². The van der Waals surface area contributed by atoms with Gasteiger partial charge < -0.3 is 0 Å². The summed E-state index contributed by atoms with van der Waals surface area (Å²) in [4.78, 5) is 22.3. The van der Waals surface area contributed by atoms with Crippen LogP contribution in [0.1, 0.15) is 34.6 Å². The molecule has 0 amide bonds. The molecule has 2 aromatic carbocycles. The van der Waals surface area contributed by atoms with Crippen LogP contribution in [0.3, 0.4) is 0 Å². The van der Waals surface area contributed by atoms with Crippen molar-refractivity contribution in [2.45, 2.75) is 13.8 Å². The van der Waals surface area contributed by atoms with E-state index in [-0.39, 0.29) is 11.6 Å². The molecule has 4 nitrogen and oxygen atoms in total. The Kier molecular flexibility index (Phi) is 4.15. The minimum atomic E-state index is 0.0216. The third kappa shape index (κ3) is 3.45. The molecule has 2 rings (SSSR count). The largest absolute Gasteiger partial charge is 0.295 e. The fourth-order valence-electron chi connectivity index (χ4n) is 1.64. The van der Waals surface area contributed by atoms with Gasteiger partial charge in [0.15, 0.2) is 11.6 Å². The third-order valence-corrected chi connectivity index (χ3v) is 2.83. The summed E-state index contributed by atoms with van der Waals surface area (Å²) in [5, 5.41) is 8.16. The second-order valence-corrected chi connectivity index (χ2v) is 4.41. The van der Waals surface area contributed by atoms with Crippen molar-refractivity contribution in [1.29, 1.82) is 0 Å². The number of nitrogens with zero attached hydrogens (tertiary/aromatic N) is 2. The van der Waals surface area contributed by atoms with Crippen molar-refractivity contribution in [2.24, 2.45) is 10.2 Å². The summed E-state index contributed by atoms with van der Waals surface area (Å²) in [6.07, 6.45) is 0. The van der Waals surface area contributed by atoms with Gasteiger partial charge in [-0.1, -0.05) is 0 Å². The molecule has 0 saturated heterocycles. The number of azo groups is 1. The van der Waals surface area contributed by atoms with Crippen molar-refractivity contribution in [1.82, 2.24) is 0 Å². The number of Topliss-reactive ketones (excluding diaryl/α,β-unsaturated/α-hetero) is 2. The molecule has 0 aliphatic heterocycles. The van der Waals surface area contributed by atoms with E-state index in [1.165, 1.54) is 13.8 Å². The fraction of sp³-hybridized carbons (Fsp3) is 0.125. The molecule has 0 spiro atoms. The highest BCUT2D eigenvalue weighted by atomic mass is 16.1. The van der Waals surface area contributed by atoms with Gasteiger partial charge in [-0.15, -0.1) is 0 Å².